The maximum Gasteiger partial charge on any atom is 0.194 e. The van der Waals surface area contributed by atoms with Crippen LogP contribution in [0, 0.1) is 5.92 Å². The lowest BCUT2D eigenvalue weighted by Gasteiger charge is -2.37. The highest BCUT2D eigenvalue weighted by Gasteiger charge is 2.29. The third-order valence-corrected chi connectivity index (χ3v) is 6.34. The maximum absolute atomic E-state index is 11.6. The fourth-order valence-corrected chi connectivity index (χ4v) is 5.26. The summed E-state index contributed by atoms with van der Waals surface area (Å²) in [7, 11) is -2.84. The minimum atomic E-state index is -2.84. The minimum absolute atomic E-state index is 0. The summed E-state index contributed by atoms with van der Waals surface area (Å²) in [6.07, 6.45) is 3.03. The lowest BCUT2D eigenvalue weighted by molar-refractivity contribution is -0.0773. The molecule has 2 saturated heterocycles. The second-order valence-corrected chi connectivity index (χ2v) is 10.9. The third kappa shape index (κ3) is 8.29. The molecule has 2 rings (SSSR count). The van der Waals surface area contributed by atoms with Crippen LogP contribution >= 0.6 is 24.0 Å². The molecule has 2 fully saturated rings. The molecule has 0 bridgehead atoms. The fourth-order valence-electron chi connectivity index (χ4n) is 3.41. The molecular formula is C18H36IN3O3S. The molecule has 154 valence electrons. The van der Waals surface area contributed by atoms with E-state index in [2.05, 4.69) is 44.8 Å². The number of rotatable bonds is 4. The standard InChI is InChI=1S/C18H35N3O3S.HI/c1-14(2)20-17(19-12-15-8-11-25(22,23)13-15)21-9-6-16(7-10-21)24-18(3,4)5;/h14-16H,6-13H2,1-5H3,(H,19,20);1H. The average molecular weight is 501 g/mol. The average Bonchev–Trinajstić information content (AvgIpc) is 2.82. The second-order valence-electron chi connectivity index (χ2n) is 8.65. The molecule has 0 radical (unpaired) electrons. The van der Waals surface area contributed by atoms with Crippen LogP contribution in [0.15, 0.2) is 4.99 Å². The van der Waals surface area contributed by atoms with Gasteiger partial charge in [-0.3, -0.25) is 4.99 Å². The van der Waals surface area contributed by atoms with Gasteiger partial charge in [-0.25, -0.2) is 8.42 Å². The number of sulfone groups is 1. The Labute approximate surface area is 176 Å². The van der Waals surface area contributed by atoms with E-state index in [4.69, 9.17) is 9.73 Å². The molecule has 0 aromatic rings. The van der Waals surface area contributed by atoms with Crippen molar-refractivity contribution in [2.45, 2.75) is 71.6 Å². The van der Waals surface area contributed by atoms with Crippen LogP contribution in [0.5, 0.6) is 0 Å². The summed E-state index contributed by atoms with van der Waals surface area (Å²) in [5.74, 6) is 1.67. The molecule has 0 aromatic carbocycles. The van der Waals surface area contributed by atoms with Crippen LogP contribution in [0.3, 0.4) is 0 Å². The van der Waals surface area contributed by atoms with Crippen molar-refractivity contribution in [3.63, 3.8) is 0 Å². The van der Waals surface area contributed by atoms with E-state index in [1.165, 1.54) is 0 Å². The van der Waals surface area contributed by atoms with E-state index in [1.54, 1.807) is 0 Å². The lowest BCUT2D eigenvalue weighted by Crippen LogP contribution is -2.49. The van der Waals surface area contributed by atoms with Gasteiger partial charge in [-0.2, -0.15) is 0 Å². The van der Waals surface area contributed by atoms with Crippen LogP contribution in [0.2, 0.25) is 0 Å². The molecule has 1 N–H and O–H groups in total. The van der Waals surface area contributed by atoms with Crippen LogP contribution < -0.4 is 5.32 Å². The molecule has 2 aliphatic heterocycles. The summed E-state index contributed by atoms with van der Waals surface area (Å²) < 4.78 is 29.4. The van der Waals surface area contributed by atoms with Crippen molar-refractivity contribution in [3.8, 4) is 0 Å². The molecule has 8 heteroatoms. The van der Waals surface area contributed by atoms with Crippen LogP contribution in [0.1, 0.15) is 53.9 Å². The van der Waals surface area contributed by atoms with Gasteiger partial charge in [-0.1, -0.05) is 0 Å². The Kier molecular flexibility index (Phi) is 9.13. The van der Waals surface area contributed by atoms with Crippen LogP contribution in [0.25, 0.3) is 0 Å². The zero-order chi connectivity index (χ0) is 18.7. The van der Waals surface area contributed by atoms with Crippen LogP contribution in [-0.2, 0) is 14.6 Å². The topological polar surface area (TPSA) is 71.0 Å². The van der Waals surface area contributed by atoms with E-state index in [1.807, 2.05) is 0 Å². The highest BCUT2D eigenvalue weighted by atomic mass is 127. The normalized spacial score (nSPS) is 24.6. The molecule has 0 aliphatic carbocycles. The van der Waals surface area contributed by atoms with Gasteiger partial charge in [0.15, 0.2) is 15.8 Å². The molecule has 2 heterocycles. The molecule has 0 amide bonds. The summed E-state index contributed by atoms with van der Waals surface area (Å²) >= 11 is 0. The zero-order valence-corrected chi connectivity index (χ0v) is 20.0. The van der Waals surface area contributed by atoms with Gasteiger partial charge in [0.25, 0.3) is 0 Å². The number of likely N-dealkylation sites (tertiary alicyclic amines) is 1. The van der Waals surface area contributed by atoms with Gasteiger partial charge in [0.1, 0.15) is 0 Å². The van der Waals surface area contributed by atoms with Gasteiger partial charge >= 0.3 is 0 Å². The first-order chi connectivity index (χ1) is 11.5. The Morgan fingerprint density at radius 1 is 1.23 bits per heavy atom. The minimum Gasteiger partial charge on any atom is -0.372 e. The van der Waals surface area contributed by atoms with Crippen molar-refractivity contribution >= 4 is 39.8 Å². The van der Waals surface area contributed by atoms with Gasteiger partial charge < -0.3 is 15.0 Å². The van der Waals surface area contributed by atoms with Crippen LogP contribution in [-0.4, -0.2) is 68.2 Å². The van der Waals surface area contributed by atoms with E-state index in [9.17, 15) is 8.42 Å². The van der Waals surface area contributed by atoms with E-state index in [0.29, 0.717) is 24.4 Å². The predicted molar refractivity (Wildman–Crippen MR) is 118 cm³/mol. The van der Waals surface area contributed by atoms with Crippen molar-refractivity contribution in [3.05, 3.63) is 0 Å². The number of aliphatic imine (C=N–C) groups is 1. The number of halogens is 1. The van der Waals surface area contributed by atoms with E-state index in [-0.39, 0.29) is 41.2 Å². The number of hydrogen-bond acceptors (Lipinski definition) is 4. The monoisotopic (exact) mass is 501 g/mol. The summed E-state index contributed by atoms with van der Waals surface area (Å²) in [5.41, 5.74) is -0.103. The molecular weight excluding hydrogens is 465 g/mol. The third-order valence-electron chi connectivity index (χ3n) is 4.51. The van der Waals surface area contributed by atoms with Crippen molar-refractivity contribution in [1.29, 1.82) is 0 Å². The quantitative estimate of drug-likeness (QED) is 0.365. The largest absolute Gasteiger partial charge is 0.372 e. The molecule has 1 atom stereocenters. The van der Waals surface area contributed by atoms with Crippen molar-refractivity contribution < 1.29 is 13.2 Å². The SMILES string of the molecule is CC(C)NC(=NCC1CCS(=O)(=O)C1)N1CCC(OC(C)(C)C)CC1.I. The number of piperidine rings is 1. The smallest absolute Gasteiger partial charge is 0.194 e. The van der Waals surface area contributed by atoms with Gasteiger partial charge in [0.05, 0.1) is 23.2 Å². The summed E-state index contributed by atoms with van der Waals surface area (Å²) in [6.45, 7) is 12.9. The molecule has 0 saturated carbocycles. The Morgan fingerprint density at radius 3 is 2.31 bits per heavy atom. The number of nitrogens with zero attached hydrogens (tertiary/aromatic N) is 2. The van der Waals surface area contributed by atoms with Crippen molar-refractivity contribution in [2.24, 2.45) is 10.9 Å². The Morgan fingerprint density at radius 2 is 1.85 bits per heavy atom. The maximum atomic E-state index is 11.6. The van der Waals surface area contributed by atoms with E-state index in [0.717, 1.165) is 38.3 Å². The van der Waals surface area contributed by atoms with Gasteiger partial charge in [-0.05, 0) is 59.8 Å². The summed E-state index contributed by atoms with van der Waals surface area (Å²) in [6, 6.07) is 0.301. The first-order valence-electron chi connectivity index (χ1n) is 9.48. The zero-order valence-electron chi connectivity index (χ0n) is 16.8. The van der Waals surface area contributed by atoms with Gasteiger partial charge in [0, 0.05) is 25.7 Å². The lowest BCUT2D eigenvalue weighted by atomic mass is 10.1. The summed E-state index contributed by atoms with van der Waals surface area (Å²) in [5, 5.41) is 3.44. The Hall–Kier alpha value is -0.0900. The number of hydrogen-bond donors (Lipinski definition) is 1. The molecule has 2 aliphatic rings. The van der Waals surface area contributed by atoms with Crippen LogP contribution in [0.4, 0.5) is 0 Å². The first-order valence-corrected chi connectivity index (χ1v) is 11.3. The number of nitrogens with one attached hydrogen (secondary N) is 1. The Bertz CT molecular complexity index is 565. The van der Waals surface area contributed by atoms with Gasteiger partial charge in [0.2, 0.25) is 0 Å². The fraction of sp³-hybridized carbons (Fsp3) is 0.944. The van der Waals surface area contributed by atoms with E-state index >= 15 is 0 Å². The highest BCUT2D eigenvalue weighted by molar-refractivity contribution is 14.0. The molecule has 26 heavy (non-hydrogen) atoms. The predicted octanol–water partition coefficient (Wildman–Crippen LogP) is 2.67. The number of ether oxygens (including phenoxy) is 1. The number of guanidine groups is 1. The molecule has 1 unspecified atom stereocenters. The van der Waals surface area contributed by atoms with Crippen molar-refractivity contribution in [2.75, 3.05) is 31.1 Å². The Balaban J connectivity index is 0.00000338. The molecule has 0 aromatic heterocycles. The van der Waals surface area contributed by atoms with Gasteiger partial charge in [-0.15, -0.1) is 24.0 Å². The second kappa shape index (κ2) is 9.91. The summed E-state index contributed by atoms with van der Waals surface area (Å²) in [4.78, 5) is 7.04. The first kappa shape index (κ1) is 23.9. The molecule has 6 nitrogen and oxygen atoms in total. The van der Waals surface area contributed by atoms with E-state index < -0.39 is 9.84 Å². The van der Waals surface area contributed by atoms with Crippen molar-refractivity contribution in [1.82, 2.24) is 10.2 Å². The molecule has 0 spiro atoms. The highest BCUT2D eigenvalue weighted by Crippen LogP contribution is 2.21.